The number of amides is 2. The molecular formula is C24H19N3O4S. The van der Waals surface area contributed by atoms with Gasteiger partial charge in [0, 0.05) is 16.8 Å². The Morgan fingerprint density at radius 2 is 1.66 bits per heavy atom. The zero-order valence-corrected chi connectivity index (χ0v) is 17.9. The quantitative estimate of drug-likeness (QED) is 0.431. The zero-order chi connectivity index (χ0) is 22.7. The second kappa shape index (κ2) is 8.99. The Morgan fingerprint density at radius 1 is 0.969 bits per heavy atom. The van der Waals surface area contributed by atoms with Gasteiger partial charge in [0.25, 0.3) is 5.91 Å². The number of rotatable bonds is 6. The summed E-state index contributed by atoms with van der Waals surface area (Å²) in [5, 5.41) is 3.35. The van der Waals surface area contributed by atoms with Crippen molar-refractivity contribution < 1.29 is 19.1 Å². The van der Waals surface area contributed by atoms with E-state index in [2.05, 4.69) is 10.3 Å². The highest BCUT2D eigenvalue weighted by Gasteiger charge is 2.22. The van der Waals surface area contributed by atoms with Crippen molar-refractivity contribution in [1.29, 1.82) is 0 Å². The number of nitrogens with one attached hydrogen (secondary N) is 1. The molecule has 0 saturated heterocycles. The number of anilines is 1. The molecule has 0 fully saturated rings. The minimum Gasteiger partial charge on any atom is -0.449 e. The van der Waals surface area contributed by atoms with Crippen LogP contribution in [-0.4, -0.2) is 28.9 Å². The van der Waals surface area contributed by atoms with Crippen molar-refractivity contribution in [2.24, 2.45) is 5.73 Å². The highest BCUT2D eigenvalue weighted by molar-refractivity contribution is 7.21. The smallest absolute Gasteiger partial charge is 0.339 e. The summed E-state index contributed by atoms with van der Waals surface area (Å²) in [5.74, 6) is -1.67. The second-order valence-corrected chi connectivity index (χ2v) is 8.04. The molecular weight excluding hydrogens is 426 g/mol. The molecule has 7 nitrogen and oxygen atoms in total. The number of nitrogens with zero attached hydrogens (tertiary/aromatic N) is 1. The summed E-state index contributed by atoms with van der Waals surface area (Å²) in [4.78, 5) is 41.1. The third-order valence-corrected chi connectivity index (χ3v) is 5.83. The number of fused-ring (bicyclic) bond motifs is 1. The molecule has 4 aromatic rings. The molecule has 1 aromatic heterocycles. The van der Waals surface area contributed by atoms with Crippen LogP contribution >= 0.6 is 11.3 Å². The van der Waals surface area contributed by atoms with Crippen LogP contribution in [0, 0.1) is 0 Å². The number of thiazole rings is 1. The first-order valence-corrected chi connectivity index (χ1v) is 10.6. The van der Waals surface area contributed by atoms with Crippen molar-refractivity contribution in [2.75, 3.05) is 5.32 Å². The summed E-state index contributed by atoms with van der Waals surface area (Å²) in [6.45, 7) is 1.49. The van der Waals surface area contributed by atoms with Crippen LogP contribution in [0.4, 0.5) is 5.69 Å². The van der Waals surface area contributed by atoms with Gasteiger partial charge in [-0.3, -0.25) is 9.59 Å². The molecule has 2 amide bonds. The zero-order valence-electron chi connectivity index (χ0n) is 17.1. The Morgan fingerprint density at radius 3 is 2.38 bits per heavy atom. The summed E-state index contributed by atoms with van der Waals surface area (Å²) in [7, 11) is 0. The number of carbonyl (C=O) groups excluding carboxylic acids is 3. The van der Waals surface area contributed by atoms with Crippen molar-refractivity contribution >= 4 is 45.0 Å². The van der Waals surface area contributed by atoms with E-state index < -0.39 is 23.9 Å². The summed E-state index contributed by atoms with van der Waals surface area (Å²) in [6.07, 6.45) is -1.04. The van der Waals surface area contributed by atoms with Crippen LogP contribution < -0.4 is 11.1 Å². The van der Waals surface area contributed by atoms with E-state index >= 15 is 0 Å². The molecule has 1 unspecified atom stereocenters. The molecule has 0 aliphatic heterocycles. The van der Waals surface area contributed by atoms with Gasteiger partial charge >= 0.3 is 5.97 Å². The van der Waals surface area contributed by atoms with Crippen molar-refractivity contribution in [3.63, 3.8) is 0 Å². The fraction of sp³-hybridized carbons (Fsp3) is 0.0833. The first kappa shape index (κ1) is 21.2. The van der Waals surface area contributed by atoms with Crippen LogP contribution in [-0.2, 0) is 9.53 Å². The van der Waals surface area contributed by atoms with Gasteiger partial charge in [0.2, 0.25) is 5.91 Å². The SMILES string of the molecule is CC(OC(=O)c1ccccc1-c1nc2ccccc2s1)C(=O)Nc1ccc(C(N)=O)cc1. The van der Waals surface area contributed by atoms with E-state index in [1.54, 1.807) is 30.3 Å². The van der Waals surface area contributed by atoms with Crippen LogP contribution in [0.1, 0.15) is 27.6 Å². The molecule has 1 atom stereocenters. The van der Waals surface area contributed by atoms with Gasteiger partial charge < -0.3 is 15.8 Å². The number of esters is 1. The summed E-state index contributed by atoms with van der Waals surface area (Å²) in [6, 6.07) is 20.9. The van der Waals surface area contributed by atoms with Crippen molar-refractivity contribution in [2.45, 2.75) is 13.0 Å². The van der Waals surface area contributed by atoms with Crippen molar-refractivity contribution in [3.05, 3.63) is 83.9 Å². The Hall–Kier alpha value is -4.04. The molecule has 3 aromatic carbocycles. The lowest BCUT2D eigenvalue weighted by molar-refractivity contribution is -0.123. The summed E-state index contributed by atoms with van der Waals surface area (Å²) >= 11 is 1.48. The molecule has 4 rings (SSSR count). The van der Waals surface area contributed by atoms with Gasteiger partial charge in [-0.15, -0.1) is 11.3 Å². The number of hydrogen-bond donors (Lipinski definition) is 2. The molecule has 1 heterocycles. The maximum absolute atomic E-state index is 12.9. The Bertz CT molecular complexity index is 1280. The van der Waals surface area contributed by atoms with E-state index in [1.807, 2.05) is 30.3 Å². The van der Waals surface area contributed by atoms with Gasteiger partial charge in [0.05, 0.1) is 15.8 Å². The van der Waals surface area contributed by atoms with E-state index in [4.69, 9.17) is 10.5 Å². The van der Waals surface area contributed by atoms with Crippen LogP contribution in [0.2, 0.25) is 0 Å². The largest absolute Gasteiger partial charge is 0.449 e. The number of ether oxygens (including phenoxy) is 1. The lowest BCUT2D eigenvalue weighted by atomic mass is 10.1. The summed E-state index contributed by atoms with van der Waals surface area (Å²) in [5.41, 5.74) is 7.83. The van der Waals surface area contributed by atoms with Gasteiger partial charge in [-0.05, 0) is 49.4 Å². The van der Waals surface area contributed by atoms with Gasteiger partial charge in [-0.2, -0.15) is 0 Å². The van der Waals surface area contributed by atoms with E-state index in [9.17, 15) is 14.4 Å². The predicted octanol–water partition coefficient (Wildman–Crippen LogP) is 4.25. The van der Waals surface area contributed by atoms with Gasteiger partial charge in [0.1, 0.15) is 5.01 Å². The third kappa shape index (κ3) is 4.50. The number of hydrogen-bond acceptors (Lipinski definition) is 6. The second-order valence-electron chi connectivity index (χ2n) is 7.01. The lowest BCUT2D eigenvalue weighted by Gasteiger charge is -2.15. The van der Waals surface area contributed by atoms with Gasteiger partial charge in [-0.1, -0.05) is 30.3 Å². The molecule has 0 aliphatic carbocycles. The Balaban J connectivity index is 1.49. The third-order valence-electron chi connectivity index (χ3n) is 4.76. The van der Waals surface area contributed by atoms with Crippen molar-refractivity contribution in [3.8, 4) is 10.6 Å². The summed E-state index contributed by atoms with van der Waals surface area (Å²) < 4.78 is 6.43. The van der Waals surface area contributed by atoms with E-state index in [1.165, 1.54) is 30.4 Å². The number of benzene rings is 3. The average molecular weight is 446 g/mol. The molecule has 32 heavy (non-hydrogen) atoms. The maximum atomic E-state index is 12.9. The predicted molar refractivity (Wildman–Crippen MR) is 124 cm³/mol. The highest BCUT2D eigenvalue weighted by atomic mass is 32.1. The number of carbonyl (C=O) groups is 3. The van der Waals surface area contributed by atoms with E-state index in [-0.39, 0.29) is 0 Å². The molecule has 0 spiro atoms. The minimum atomic E-state index is -1.04. The molecule has 0 aliphatic rings. The van der Waals surface area contributed by atoms with E-state index in [0.717, 1.165) is 10.2 Å². The molecule has 0 radical (unpaired) electrons. The number of aromatic nitrogens is 1. The van der Waals surface area contributed by atoms with Crippen LogP contribution in [0.15, 0.2) is 72.8 Å². The molecule has 0 bridgehead atoms. The first-order valence-electron chi connectivity index (χ1n) is 9.79. The first-order chi connectivity index (χ1) is 15.4. The van der Waals surface area contributed by atoms with Crippen LogP contribution in [0.25, 0.3) is 20.8 Å². The average Bonchev–Trinajstić information content (AvgIpc) is 3.23. The monoisotopic (exact) mass is 445 g/mol. The number of para-hydroxylation sites is 1. The Labute approximate surface area is 187 Å². The molecule has 160 valence electrons. The number of primary amides is 1. The fourth-order valence-electron chi connectivity index (χ4n) is 3.07. The van der Waals surface area contributed by atoms with E-state index in [0.29, 0.717) is 27.4 Å². The molecule has 0 saturated carbocycles. The molecule has 3 N–H and O–H groups in total. The number of nitrogens with two attached hydrogens (primary N) is 1. The Kier molecular flexibility index (Phi) is 5.96. The highest BCUT2D eigenvalue weighted by Crippen LogP contribution is 2.32. The normalized spacial score (nSPS) is 11.7. The topological polar surface area (TPSA) is 111 Å². The fourth-order valence-corrected chi connectivity index (χ4v) is 4.08. The maximum Gasteiger partial charge on any atom is 0.339 e. The lowest BCUT2D eigenvalue weighted by Crippen LogP contribution is -2.30. The van der Waals surface area contributed by atoms with Crippen molar-refractivity contribution in [1.82, 2.24) is 4.98 Å². The van der Waals surface area contributed by atoms with Crippen LogP contribution in [0.5, 0.6) is 0 Å². The molecule has 8 heteroatoms. The van der Waals surface area contributed by atoms with Gasteiger partial charge in [0.15, 0.2) is 6.10 Å². The van der Waals surface area contributed by atoms with Crippen LogP contribution in [0.3, 0.4) is 0 Å². The standard InChI is InChI=1S/C24H19N3O4S/c1-14(22(29)26-16-12-10-15(11-13-16)21(25)28)31-24(30)18-7-3-2-6-17(18)23-27-19-8-4-5-9-20(19)32-23/h2-14H,1H3,(H2,25,28)(H,26,29). The minimum absolute atomic E-state index is 0.328. The van der Waals surface area contributed by atoms with Gasteiger partial charge in [-0.25, -0.2) is 9.78 Å².